The Hall–Kier alpha value is -2.67. The molecule has 0 spiro atoms. The molecule has 1 saturated heterocycles. The van der Waals surface area contributed by atoms with Crippen LogP contribution in [0.1, 0.15) is 25.3 Å². The van der Waals surface area contributed by atoms with Gasteiger partial charge in [-0.1, -0.05) is 23.7 Å². The van der Waals surface area contributed by atoms with E-state index in [2.05, 4.69) is 20.2 Å². The molecule has 2 aromatic heterocycles. The van der Waals surface area contributed by atoms with Gasteiger partial charge < -0.3 is 9.80 Å². The molecule has 1 aliphatic heterocycles. The fourth-order valence-corrected chi connectivity index (χ4v) is 3.91. The minimum absolute atomic E-state index is 0.0500. The van der Waals surface area contributed by atoms with Crippen LogP contribution in [0.5, 0.6) is 0 Å². The number of piperidine rings is 1. The highest BCUT2D eigenvalue weighted by Crippen LogP contribution is 2.24. The van der Waals surface area contributed by atoms with E-state index in [-0.39, 0.29) is 11.8 Å². The lowest BCUT2D eigenvalue weighted by Gasteiger charge is -2.34. The summed E-state index contributed by atoms with van der Waals surface area (Å²) >= 11 is 6.08. The van der Waals surface area contributed by atoms with Gasteiger partial charge in [0.25, 0.3) is 0 Å². The van der Waals surface area contributed by atoms with Crippen LogP contribution in [-0.4, -0.2) is 50.3 Å². The maximum atomic E-state index is 13.0. The molecule has 28 heavy (non-hydrogen) atoms. The van der Waals surface area contributed by atoms with Crippen molar-refractivity contribution in [3.63, 3.8) is 0 Å². The SMILES string of the molecule is CCN(Cc1cccc(Cl)c1)C(=O)C1CCN(c2ccc3nncn3n2)CC1. The number of anilines is 1. The molecule has 1 aromatic carbocycles. The number of amides is 1. The topological polar surface area (TPSA) is 66.6 Å². The van der Waals surface area contributed by atoms with Gasteiger partial charge in [-0.3, -0.25) is 4.79 Å². The first-order valence-electron chi connectivity index (χ1n) is 9.59. The second-order valence-electron chi connectivity index (χ2n) is 7.07. The number of carbonyl (C=O) groups is 1. The van der Waals surface area contributed by atoms with E-state index in [1.54, 1.807) is 10.8 Å². The maximum absolute atomic E-state index is 13.0. The van der Waals surface area contributed by atoms with Crippen molar-refractivity contribution in [1.29, 1.82) is 0 Å². The van der Waals surface area contributed by atoms with E-state index in [0.717, 1.165) is 43.0 Å². The maximum Gasteiger partial charge on any atom is 0.226 e. The fourth-order valence-electron chi connectivity index (χ4n) is 3.70. The molecule has 0 bridgehead atoms. The van der Waals surface area contributed by atoms with Gasteiger partial charge in [-0.15, -0.1) is 15.3 Å². The number of aromatic nitrogens is 4. The average molecular weight is 399 g/mol. The summed E-state index contributed by atoms with van der Waals surface area (Å²) < 4.78 is 1.68. The van der Waals surface area contributed by atoms with E-state index in [9.17, 15) is 4.79 Å². The Bertz CT molecular complexity index is 966. The molecule has 8 heteroatoms. The monoisotopic (exact) mass is 398 g/mol. The number of nitrogens with zero attached hydrogens (tertiary/aromatic N) is 6. The van der Waals surface area contributed by atoms with Crippen molar-refractivity contribution in [2.24, 2.45) is 5.92 Å². The van der Waals surface area contributed by atoms with Gasteiger partial charge in [0.2, 0.25) is 5.91 Å². The van der Waals surface area contributed by atoms with Gasteiger partial charge in [0.15, 0.2) is 5.65 Å². The van der Waals surface area contributed by atoms with Crippen LogP contribution in [0.25, 0.3) is 5.65 Å². The van der Waals surface area contributed by atoms with Crippen LogP contribution >= 0.6 is 11.6 Å². The summed E-state index contributed by atoms with van der Waals surface area (Å²) in [5.41, 5.74) is 1.79. The molecule has 146 valence electrons. The molecule has 4 rings (SSSR count). The Morgan fingerprint density at radius 3 is 2.82 bits per heavy atom. The molecule has 1 fully saturated rings. The highest BCUT2D eigenvalue weighted by molar-refractivity contribution is 6.30. The molecule has 7 nitrogen and oxygen atoms in total. The van der Waals surface area contributed by atoms with Gasteiger partial charge in [0.1, 0.15) is 12.1 Å². The third kappa shape index (κ3) is 3.94. The molecule has 1 amide bonds. The molecule has 0 N–H and O–H groups in total. The highest BCUT2D eigenvalue weighted by atomic mass is 35.5. The molecular formula is C20H23ClN6O. The predicted molar refractivity (Wildman–Crippen MR) is 108 cm³/mol. The molecule has 0 unspecified atom stereocenters. The van der Waals surface area contributed by atoms with Crippen LogP contribution in [-0.2, 0) is 11.3 Å². The molecule has 0 atom stereocenters. The van der Waals surface area contributed by atoms with E-state index in [1.165, 1.54) is 0 Å². The summed E-state index contributed by atoms with van der Waals surface area (Å²) in [6, 6.07) is 11.6. The second-order valence-corrected chi connectivity index (χ2v) is 7.51. The molecule has 0 aliphatic carbocycles. The molecule has 1 aliphatic rings. The summed E-state index contributed by atoms with van der Waals surface area (Å²) in [6.07, 6.45) is 3.25. The summed E-state index contributed by atoms with van der Waals surface area (Å²) in [7, 11) is 0. The van der Waals surface area contributed by atoms with Crippen LogP contribution in [0.2, 0.25) is 5.02 Å². The smallest absolute Gasteiger partial charge is 0.226 e. The lowest BCUT2D eigenvalue weighted by atomic mass is 9.95. The van der Waals surface area contributed by atoms with E-state index in [1.807, 2.05) is 48.2 Å². The first-order chi connectivity index (χ1) is 13.6. The molecular weight excluding hydrogens is 376 g/mol. The fraction of sp³-hybridized carbons (Fsp3) is 0.400. The number of rotatable bonds is 5. The Kier molecular flexibility index (Phi) is 5.43. The normalized spacial score (nSPS) is 15.1. The van der Waals surface area contributed by atoms with Crippen LogP contribution in [0.3, 0.4) is 0 Å². The van der Waals surface area contributed by atoms with Crippen LogP contribution in [0.15, 0.2) is 42.7 Å². The van der Waals surface area contributed by atoms with Gasteiger partial charge in [-0.05, 0) is 49.6 Å². The quantitative estimate of drug-likeness (QED) is 0.660. The first kappa shape index (κ1) is 18.7. The minimum atomic E-state index is 0.0500. The highest BCUT2D eigenvalue weighted by Gasteiger charge is 2.28. The van der Waals surface area contributed by atoms with E-state index < -0.39 is 0 Å². The van der Waals surface area contributed by atoms with Gasteiger partial charge in [-0.2, -0.15) is 4.52 Å². The summed E-state index contributed by atoms with van der Waals surface area (Å²) in [4.78, 5) is 17.2. The van der Waals surface area contributed by atoms with Crippen molar-refractivity contribution in [2.75, 3.05) is 24.5 Å². The number of fused-ring (bicyclic) bond motifs is 1. The number of hydrogen-bond acceptors (Lipinski definition) is 5. The number of hydrogen-bond donors (Lipinski definition) is 0. The minimum Gasteiger partial charge on any atom is -0.355 e. The number of benzene rings is 1. The Labute approximate surface area is 168 Å². The third-order valence-electron chi connectivity index (χ3n) is 5.27. The third-order valence-corrected chi connectivity index (χ3v) is 5.51. The van der Waals surface area contributed by atoms with E-state index >= 15 is 0 Å². The van der Waals surface area contributed by atoms with Crippen LogP contribution in [0.4, 0.5) is 5.82 Å². The molecule has 0 saturated carbocycles. The van der Waals surface area contributed by atoms with Gasteiger partial charge >= 0.3 is 0 Å². The lowest BCUT2D eigenvalue weighted by Crippen LogP contribution is -2.42. The Morgan fingerprint density at radius 1 is 1.25 bits per heavy atom. The van der Waals surface area contributed by atoms with Crippen molar-refractivity contribution in [3.8, 4) is 0 Å². The zero-order valence-corrected chi connectivity index (χ0v) is 16.6. The second kappa shape index (κ2) is 8.14. The lowest BCUT2D eigenvalue weighted by molar-refractivity contribution is -0.136. The summed E-state index contributed by atoms with van der Waals surface area (Å²) in [5, 5.41) is 13.1. The predicted octanol–water partition coefficient (Wildman–Crippen LogP) is 3.04. The Balaban J connectivity index is 1.38. The Morgan fingerprint density at radius 2 is 2.07 bits per heavy atom. The summed E-state index contributed by atoms with van der Waals surface area (Å²) in [5.74, 6) is 1.17. The van der Waals surface area contributed by atoms with Crippen LogP contribution < -0.4 is 4.90 Å². The average Bonchev–Trinajstić information content (AvgIpc) is 3.19. The zero-order chi connectivity index (χ0) is 19.5. The van der Waals surface area contributed by atoms with Gasteiger partial charge in [0.05, 0.1) is 0 Å². The number of carbonyl (C=O) groups excluding carboxylic acids is 1. The van der Waals surface area contributed by atoms with E-state index in [0.29, 0.717) is 18.1 Å². The van der Waals surface area contributed by atoms with Gasteiger partial charge in [0, 0.05) is 37.1 Å². The summed E-state index contributed by atoms with van der Waals surface area (Å²) in [6.45, 7) is 4.94. The largest absolute Gasteiger partial charge is 0.355 e. The van der Waals surface area contributed by atoms with Crippen molar-refractivity contribution >= 4 is 29.0 Å². The van der Waals surface area contributed by atoms with Crippen molar-refractivity contribution < 1.29 is 4.79 Å². The first-order valence-corrected chi connectivity index (χ1v) is 9.97. The van der Waals surface area contributed by atoms with Gasteiger partial charge in [-0.25, -0.2) is 0 Å². The molecule has 3 aromatic rings. The van der Waals surface area contributed by atoms with Crippen molar-refractivity contribution in [3.05, 3.63) is 53.3 Å². The molecule has 0 radical (unpaired) electrons. The van der Waals surface area contributed by atoms with Crippen molar-refractivity contribution in [1.82, 2.24) is 24.7 Å². The molecule has 3 heterocycles. The van der Waals surface area contributed by atoms with Crippen LogP contribution in [0, 0.1) is 5.92 Å². The standard InChI is InChI=1S/C20H23ClN6O/c1-2-25(13-15-4-3-5-17(21)12-15)20(28)16-8-10-26(11-9-16)19-7-6-18-23-22-14-27(18)24-19/h3-7,12,14,16H,2,8-11,13H2,1H3. The van der Waals surface area contributed by atoms with Crippen molar-refractivity contribution in [2.45, 2.75) is 26.3 Å². The van der Waals surface area contributed by atoms with E-state index in [4.69, 9.17) is 11.6 Å². The zero-order valence-electron chi connectivity index (χ0n) is 15.8. The number of halogens is 1.